The van der Waals surface area contributed by atoms with Crippen molar-refractivity contribution in [2.45, 2.75) is 6.92 Å². The second-order valence-electron chi connectivity index (χ2n) is 5.84. The minimum Gasteiger partial charge on any atom is -0.493 e. The van der Waals surface area contributed by atoms with Crippen molar-refractivity contribution in [3.05, 3.63) is 77.4 Å². The SMILES string of the molecule is C=CCNC(=O)C(C#N)=Cc1ccc(OC(=O)c2cccc(C)c2)c(OC)c1. The number of carbonyl (C=O) groups is 2. The average molecular weight is 376 g/mol. The molecule has 0 aliphatic rings. The summed E-state index contributed by atoms with van der Waals surface area (Å²) in [6.45, 7) is 5.65. The first-order chi connectivity index (χ1) is 13.5. The first-order valence-electron chi connectivity index (χ1n) is 8.46. The molecule has 0 aliphatic carbocycles. The fourth-order valence-electron chi connectivity index (χ4n) is 2.36. The highest BCUT2D eigenvalue weighted by Gasteiger charge is 2.14. The number of hydrogen-bond acceptors (Lipinski definition) is 5. The van der Waals surface area contributed by atoms with Crippen LogP contribution in [0.2, 0.25) is 0 Å². The minimum absolute atomic E-state index is 0.0617. The Bertz CT molecular complexity index is 971. The van der Waals surface area contributed by atoms with Crippen molar-refractivity contribution in [3.8, 4) is 17.6 Å². The van der Waals surface area contributed by atoms with Gasteiger partial charge < -0.3 is 14.8 Å². The number of hydrogen-bond donors (Lipinski definition) is 1. The molecule has 0 fully saturated rings. The lowest BCUT2D eigenvalue weighted by Gasteiger charge is -2.10. The van der Waals surface area contributed by atoms with Gasteiger partial charge in [0.1, 0.15) is 11.6 Å². The molecule has 2 rings (SSSR count). The van der Waals surface area contributed by atoms with E-state index in [1.54, 1.807) is 36.4 Å². The van der Waals surface area contributed by atoms with Crippen molar-refractivity contribution in [3.63, 3.8) is 0 Å². The molecule has 6 heteroatoms. The molecule has 0 atom stereocenters. The number of methoxy groups -OCH3 is 1. The Hall–Kier alpha value is -3.85. The van der Waals surface area contributed by atoms with E-state index in [-0.39, 0.29) is 17.9 Å². The third-order valence-electron chi connectivity index (χ3n) is 3.73. The lowest BCUT2D eigenvalue weighted by molar-refractivity contribution is -0.116. The van der Waals surface area contributed by atoms with Gasteiger partial charge in [-0.1, -0.05) is 29.8 Å². The van der Waals surface area contributed by atoms with E-state index < -0.39 is 11.9 Å². The number of ether oxygens (including phenoxy) is 2. The maximum atomic E-state index is 12.3. The van der Waals surface area contributed by atoms with Crippen LogP contribution in [0.25, 0.3) is 6.08 Å². The van der Waals surface area contributed by atoms with Crippen LogP contribution in [-0.2, 0) is 4.79 Å². The second-order valence-corrected chi connectivity index (χ2v) is 5.84. The largest absolute Gasteiger partial charge is 0.493 e. The summed E-state index contributed by atoms with van der Waals surface area (Å²) in [5, 5.41) is 11.7. The van der Waals surface area contributed by atoms with E-state index in [2.05, 4.69) is 11.9 Å². The Balaban J connectivity index is 2.25. The molecule has 0 radical (unpaired) electrons. The van der Waals surface area contributed by atoms with Crippen molar-refractivity contribution < 1.29 is 19.1 Å². The molecule has 0 unspecified atom stereocenters. The zero-order chi connectivity index (χ0) is 20.5. The fourth-order valence-corrected chi connectivity index (χ4v) is 2.36. The minimum atomic E-state index is -0.508. The van der Waals surface area contributed by atoms with E-state index in [9.17, 15) is 14.9 Å². The molecule has 1 N–H and O–H groups in total. The van der Waals surface area contributed by atoms with Crippen LogP contribution in [0.4, 0.5) is 0 Å². The van der Waals surface area contributed by atoms with Crippen LogP contribution in [0.1, 0.15) is 21.5 Å². The molecule has 0 spiro atoms. The standard InChI is InChI=1S/C22H20N2O4/c1-4-10-24-21(25)18(14-23)12-16-8-9-19(20(13-16)27-3)28-22(26)17-7-5-6-15(2)11-17/h4-9,11-13H,1,10H2,2-3H3,(H,24,25). The number of nitriles is 1. The van der Waals surface area contributed by atoms with Gasteiger partial charge in [0.05, 0.1) is 12.7 Å². The topological polar surface area (TPSA) is 88.4 Å². The molecule has 142 valence electrons. The molecule has 0 heterocycles. The van der Waals surface area contributed by atoms with Crippen molar-refractivity contribution >= 4 is 18.0 Å². The van der Waals surface area contributed by atoms with E-state index in [1.165, 1.54) is 19.3 Å². The molecule has 0 bridgehead atoms. The third kappa shape index (κ3) is 5.32. The molecule has 2 aromatic carbocycles. The van der Waals surface area contributed by atoms with Crippen molar-refractivity contribution in [1.29, 1.82) is 5.26 Å². The van der Waals surface area contributed by atoms with Gasteiger partial charge in [-0.2, -0.15) is 5.26 Å². The van der Waals surface area contributed by atoms with Gasteiger partial charge in [-0.05, 0) is 42.8 Å². The van der Waals surface area contributed by atoms with Crippen LogP contribution in [-0.4, -0.2) is 25.5 Å². The van der Waals surface area contributed by atoms with Crippen molar-refractivity contribution in [2.24, 2.45) is 0 Å². The van der Waals surface area contributed by atoms with Gasteiger partial charge in [0.25, 0.3) is 5.91 Å². The Morgan fingerprint density at radius 1 is 1.21 bits per heavy atom. The van der Waals surface area contributed by atoms with E-state index in [0.717, 1.165) is 5.56 Å². The van der Waals surface area contributed by atoms with Gasteiger partial charge in [-0.25, -0.2) is 4.79 Å². The van der Waals surface area contributed by atoms with Crippen molar-refractivity contribution in [1.82, 2.24) is 5.32 Å². The summed E-state index contributed by atoms with van der Waals surface area (Å²) in [7, 11) is 1.44. The number of benzene rings is 2. The van der Waals surface area contributed by atoms with Crippen LogP contribution < -0.4 is 14.8 Å². The molecule has 0 saturated carbocycles. The van der Waals surface area contributed by atoms with Crippen LogP contribution >= 0.6 is 0 Å². The van der Waals surface area contributed by atoms with Gasteiger partial charge in [0.2, 0.25) is 0 Å². The summed E-state index contributed by atoms with van der Waals surface area (Å²) in [6.07, 6.45) is 2.94. The Labute approximate surface area is 163 Å². The lowest BCUT2D eigenvalue weighted by Crippen LogP contribution is -2.24. The first kappa shape index (κ1) is 20.5. The molecule has 1 amide bonds. The maximum Gasteiger partial charge on any atom is 0.343 e. The summed E-state index contributed by atoms with van der Waals surface area (Å²) in [5.74, 6) is -0.470. The average Bonchev–Trinajstić information content (AvgIpc) is 2.70. The molecule has 28 heavy (non-hydrogen) atoms. The second kappa shape index (κ2) is 9.74. The molecule has 0 aliphatic heterocycles. The first-order valence-corrected chi connectivity index (χ1v) is 8.46. The van der Waals surface area contributed by atoms with E-state index in [4.69, 9.17) is 9.47 Å². The highest BCUT2D eigenvalue weighted by Crippen LogP contribution is 2.29. The normalized spacial score (nSPS) is 10.5. The predicted molar refractivity (Wildman–Crippen MR) is 106 cm³/mol. The number of nitrogens with zero attached hydrogens (tertiary/aromatic N) is 1. The molecule has 0 saturated heterocycles. The highest BCUT2D eigenvalue weighted by atomic mass is 16.6. The van der Waals surface area contributed by atoms with Gasteiger partial charge in [0.15, 0.2) is 11.5 Å². The van der Waals surface area contributed by atoms with E-state index in [0.29, 0.717) is 16.9 Å². The van der Waals surface area contributed by atoms with Gasteiger partial charge in [-0.15, -0.1) is 6.58 Å². The summed E-state index contributed by atoms with van der Waals surface area (Å²) >= 11 is 0. The van der Waals surface area contributed by atoms with Crippen LogP contribution in [0, 0.1) is 18.3 Å². The summed E-state index contributed by atoms with van der Waals surface area (Å²) in [5.41, 5.74) is 1.86. The highest BCUT2D eigenvalue weighted by molar-refractivity contribution is 6.01. The molecule has 6 nitrogen and oxygen atoms in total. The number of nitrogens with one attached hydrogen (secondary N) is 1. The smallest absolute Gasteiger partial charge is 0.343 e. The maximum absolute atomic E-state index is 12.3. The number of amides is 1. The van der Waals surface area contributed by atoms with Gasteiger partial charge in [-0.3, -0.25) is 4.79 Å². The summed E-state index contributed by atoms with van der Waals surface area (Å²) in [4.78, 5) is 24.3. The monoisotopic (exact) mass is 376 g/mol. The Morgan fingerprint density at radius 2 is 2.00 bits per heavy atom. The molecular weight excluding hydrogens is 356 g/mol. The van der Waals surface area contributed by atoms with E-state index >= 15 is 0 Å². The van der Waals surface area contributed by atoms with Crippen LogP contribution in [0.15, 0.2) is 60.7 Å². The van der Waals surface area contributed by atoms with Gasteiger partial charge in [0, 0.05) is 6.54 Å². The quantitative estimate of drug-likeness (QED) is 0.263. The lowest BCUT2D eigenvalue weighted by atomic mass is 10.1. The number of aryl methyl sites for hydroxylation is 1. The number of esters is 1. The molecule has 2 aromatic rings. The zero-order valence-corrected chi connectivity index (χ0v) is 15.7. The van der Waals surface area contributed by atoms with Crippen LogP contribution in [0.3, 0.4) is 0 Å². The Morgan fingerprint density at radius 3 is 2.64 bits per heavy atom. The Kier molecular flexibility index (Phi) is 7.12. The number of carbonyl (C=O) groups excluding carboxylic acids is 2. The fraction of sp³-hybridized carbons (Fsp3) is 0.136. The summed E-state index contributed by atoms with van der Waals surface area (Å²) in [6, 6.07) is 13.7. The predicted octanol–water partition coefficient (Wildman–Crippen LogP) is 3.43. The summed E-state index contributed by atoms with van der Waals surface area (Å²) < 4.78 is 10.7. The number of rotatable bonds is 7. The van der Waals surface area contributed by atoms with Crippen LogP contribution in [0.5, 0.6) is 11.5 Å². The van der Waals surface area contributed by atoms with Gasteiger partial charge >= 0.3 is 5.97 Å². The van der Waals surface area contributed by atoms with E-state index in [1.807, 2.05) is 19.1 Å². The zero-order valence-electron chi connectivity index (χ0n) is 15.7. The third-order valence-corrected chi connectivity index (χ3v) is 3.73. The van der Waals surface area contributed by atoms with Crippen molar-refractivity contribution in [2.75, 3.05) is 13.7 Å². The molecule has 0 aromatic heterocycles. The molecular formula is C22H20N2O4.